The molecule has 0 aliphatic carbocycles. The van der Waals surface area contributed by atoms with Gasteiger partial charge in [-0.25, -0.2) is 0 Å². The summed E-state index contributed by atoms with van der Waals surface area (Å²) in [6, 6.07) is 31.8. The summed E-state index contributed by atoms with van der Waals surface area (Å²) in [5.74, 6) is 0.113. The number of nitrogens with zero attached hydrogens (tertiary/aromatic N) is 1. The van der Waals surface area contributed by atoms with Gasteiger partial charge in [0.1, 0.15) is 0 Å². The lowest BCUT2D eigenvalue weighted by molar-refractivity contribution is -0.128. The third-order valence-corrected chi connectivity index (χ3v) is 6.47. The maximum absolute atomic E-state index is 12.2. The van der Waals surface area contributed by atoms with Crippen LogP contribution in [0.3, 0.4) is 0 Å². The highest BCUT2D eigenvalue weighted by molar-refractivity contribution is 5.32. The minimum Gasteiger partial charge on any atom is -0.385 e. The molecule has 3 aromatic carbocycles. The maximum atomic E-state index is 12.2. The number of benzene rings is 3. The molecule has 2 nitrogen and oxygen atoms in total. The van der Waals surface area contributed by atoms with Crippen molar-refractivity contribution in [3.8, 4) is 0 Å². The van der Waals surface area contributed by atoms with Gasteiger partial charge in [-0.1, -0.05) is 97.9 Å². The zero-order valence-corrected chi connectivity index (χ0v) is 16.7. The first-order valence-electron chi connectivity index (χ1n) is 10.2. The van der Waals surface area contributed by atoms with E-state index < -0.39 is 5.60 Å². The second-order valence-electron chi connectivity index (χ2n) is 7.96. The van der Waals surface area contributed by atoms with Gasteiger partial charge in [-0.3, -0.25) is 4.90 Å². The summed E-state index contributed by atoms with van der Waals surface area (Å²) in [6.45, 7) is 2.20. The highest BCUT2D eigenvalue weighted by Gasteiger charge is 2.51. The van der Waals surface area contributed by atoms with Crippen LogP contribution in [0.25, 0.3) is 0 Å². The largest absolute Gasteiger partial charge is 0.385 e. The molecule has 1 aliphatic heterocycles. The molecule has 2 heteroatoms. The Morgan fingerprint density at radius 2 is 1.32 bits per heavy atom. The van der Waals surface area contributed by atoms with Crippen molar-refractivity contribution < 1.29 is 5.11 Å². The predicted octanol–water partition coefficient (Wildman–Crippen LogP) is 5.72. The Labute approximate surface area is 168 Å². The van der Waals surface area contributed by atoms with Gasteiger partial charge >= 0.3 is 0 Å². The van der Waals surface area contributed by atoms with Crippen molar-refractivity contribution in [1.82, 2.24) is 4.90 Å². The summed E-state index contributed by atoms with van der Waals surface area (Å²) in [5.41, 5.74) is 2.68. The highest BCUT2D eigenvalue weighted by Crippen LogP contribution is 2.54. The number of piperidine rings is 1. The van der Waals surface area contributed by atoms with Gasteiger partial charge in [0.15, 0.2) is 0 Å². The van der Waals surface area contributed by atoms with Gasteiger partial charge in [0.2, 0.25) is 0 Å². The molecule has 1 saturated heterocycles. The maximum Gasteiger partial charge on any atom is 0.0960 e. The Hall–Kier alpha value is -2.42. The smallest absolute Gasteiger partial charge is 0.0960 e. The SMILES string of the molecule is CC[C@@H]1[C@H](c2ccccc2)N(C)[C@@H](c2ccccc2)C[C@@]1(O)c1ccccc1. The van der Waals surface area contributed by atoms with E-state index in [0.29, 0.717) is 6.42 Å². The van der Waals surface area contributed by atoms with Crippen LogP contribution in [0.5, 0.6) is 0 Å². The molecule has 0 saturated carbocycles. The summed E-state index contributed by atoms with van der Waals surface area (Å²) in [6.07, 6.45) is 1.61. The van der Waals surface area contributed by atoms with Crippen LogP contribution in [-0.4, -0.2) is 17.1 Å². The van der Waals surface area contributed by atoms with E-state index in [1.165, 1.54) is 11.1 Å². The van der Waals surface area contributed by atoms with Crippen LogP contribution in [-0.2, 0) is 5.60 Å². The molecule has 28 heavy (non-hydrogen) atoms. The highest BCUT2D eigenvalue weighted by atomic mass is 16.3. The van der Waals surface area contributed by atoms with E-state index >= 15 is 0 Å². The van der Waals surface area contributed by atoms with Crippen molar-refractivity contribution in [2.24, 2.45) is 5.92 Å². The zero-order chi connectivity index (χ0) is 19.6. The topological polar surface area (TPSA) is 23.5 Å². The van der Waals surface area contributed by atoms with Crippen LogP contribution in [0.15, 0.2) is 91.0 Å². The van der Waals surface area contributed by atoms with Gasteiger partial charge < -0.3 is 5.11 Å². The summed E-state index contributed by atoms with van der Waals surface area (Å²) < 4.78 is 0. The standard InChI is InChI=1S/C26H29NO/c1-3-23-25(21-15-9-5-10-16-21)27(2)24(20-13-7-4-8-14-20)19-26(23,28)22-17-11-6-12-18-22/h4-18,23-25,28H,3,19H2,1-2H3/t23-,24-,25+,26-/m1/s1. The van der Waals surface area contributed by atoms with Gasteiger partial charge in [-0.05, 0) is 30.2 Å². The van der Waals surface area contributed by atoms with E-state index in [-0.39, 0.29) is 18.0 Å². The number of likely N-dealkylation sites (tertiary alicyclic amines) is 1. The number of rotatable bonds is 4. The van der Waals surface area contributed by atoms with Crippen LogP contribution in [0.4, 0.5) is 0 Å². The van der Waals surface area contributed by atoms with Gasteiger partial charge in [0, 0.05) is 24.4 Å². The molecular weight excluding hydrogens is 342 g/mol. The Bertz CT molecular complexity index is 880. The summed E-state index contributed by atoms with van der Waals surface area (Å²) in [4.78, 5) is 2.47. The molecule has 0 radical (unpaired) electrons. The summed E-state index contributed by atoms with van der Waals surface area (Å²) in [7, 11) is 2.21. The van der Waals surface area contributed by atoms with Gasteiger partial charge in [0.05, 0.1) is 5.60 Å². The minimum absolute atomic E-state index is 0.113. The third-order valence-electron chi connectivity index (χ3n) is 6.47. The number of hydrogen-bond acceptors (Lipinski definition) is 2. The molecule has 0 aromatic heterocycles. The fourth-order valence-electron chi connectivity index (χ4n) is 5.09. The van der Waals surface area contributed by atoms with Crippen LogP contribution in [0, 0.1) is 5.92 Å². The number of hydrogen-bond donors (Lipinski definition) is 1. The average Bonchev–Trinajstić information content (AvgIpc) is 2.76. The fourth-order valence-corrected chi connectivity index (χ4v) is 5.09. The molecule has 144 valence electrons. The van der Waals surface area contributed by atoms with Gasteiger partial charge in [0.25, 0.3) is 0 Å². The Kier molecular flexibility index (Phi) is 5.34. The molecule has 3 aromatic rings. The lowest BCUT2D eigenvalue weighted by atomic mass is 9.66. The quantitative estimate of drug-likeness (QED) is 0.634. The third kappa shape index (κ3) is 3.28. The predicted molar refractivity (Wildman–Crippen MR) is 115 cm³/mol. The lowest BCUT2D eigenvalue weighted by Crippen LogP contribution is -2.51. The molecule has 0 unspecified atom stereocenters. The van der Waals surface area contributed by atoms with Crippen molar-refractivity contribution in [2.45, 2.75) is 37.5 Å². The summed E-state index contributed by atoms with van der Waals surface area (Å²) >= 11 is 0. The van der Waals surface area contributed by atoms with Crippen LogP contribution in [0.1, 0.15) is 48.5 Å². The van der Waals surface area contributed by atoms with E-state index in [9.17, 15) is 5.11 Å². The minimum atomic E-state index is -0.871. The van der Waals surface area contributed by atoms with Crippen LogP contribution in [0.2, 0.25) is 0 Å². The fraction of sp³-hybridized carbons (Fsp3) is 0.308. The van der Waals surface area contributed by atoms with Crippen molar-refractivity contribution >= 4 is 0 Å². The Morgan fingerprint density at radius 3 is 1.86 bits per heavy atom. The molecule has 1 fully saturated rings. The molecule has 4 rings (SSSR count). The van der Waals surface area contributed by atoms with E-state index in [1.807, 2.05) is 18.2 Å². The second kappa shape index (κ2) is 7.90. The van der Waals surface area contributed by atoms with Gasteiger partial charge in [-0.2, -0.15) is 0 Å². The van der Waals surface area contributed by atoms with E-state index in [2.05, 4.69) is 91.7 Å². The van der Waals surface area contributed by atoms with Gasteiger partial charge in [-0.15, -0.1) is 0 Å². The normalized spacial score (nSPS) is 28.2. The molecule has 4 atom stereocenters. The molecule has 0 spiro atoms. The van der Waals surface area contributed by atoms with Crippen molar-refractivity contribution in [1.29, 1.82) is 0 Å². The first-order chi connectivity index (χ1) is 13.6. The van der Waals surface area contributed by atoms with E-state index in [1.54, 1.807) is 0 Å². The summed E-state index contributed by atoms with van der Waals surface area (Å²) in [5, 5.41) is 12.2. The first kappa shape index (κ1) is 18.9. The molecular formula is C26H29NO. The van der Waals surface area contributed by atoms with E-state index in [4.69, 9.17) is 0 Å². The Balaban J connectivity index is 1.86. The molecule has 1 heterocycles. The van der Waals surface area contributed by atoms with Crippen LogP contribution >= 0.6 is 0 Å². The van der Waals surface area contributed by atoms with Crippen molar-refractivity contribution in [2.75, 3.05) is 7.05 Å². The molecule has 0 bridgehead atoms. The lowest BCUT2D eigenvalue weighted by Gasteiger charge is -2.53. The van der Waals surface area contributed by atoms with Crippen molar-refractivity contribution in [3.05, 3.63) is 108 Å². The molecule has 1 N–H and O–H groups in total. The first-order valence-corrected chi connectivity index (χ1v) is 10.2. The zero-order valence-electron chi connectivity index (χ0n) is 16.7. The second-order valence-corrected chi connectivity index (χ2v) is 7.96. The average molecular weight is 372 g/mol. The Morgan fingerprint density at radius 1 is 0.821 bits per heavy atom. The van der Waals surface area contributed by atoms with Crippen LogP contribution < -0.4 is 0 Å². The molecule has 0 amide bonds. The molecule has 1 aliphatic rings. The monoisotopic (exact) mass is 371 g/mol. The van der Waals surface area contributed by atoms with E-state index in [0.717, 1.165) is 12.0 Å². The van der Waals surface area contributed by atoms with Crippen molar-refractivity contribution in [3.63, 3.8) is 0 Å². The number of aliphatic hydroxyl groups is 1.